The molecule has 4 rings (SSSR count). The van der Waals surface area contributed by atoms with Gasteiger partial charge in [0, 0.05) is 12.5 Å². The molecular formula is C20H17F4NO2. The molecule has 0 radical (unpaired) electrons. The van der Waals surface area contributed by atoms with Gasteiger partial charge in [-0.2, -0.15) is 13.2 Å². The number of alkyl halides is 3. The topological polar surface area (TPSA) is 29.5 Å². The molecule has 2 heterocycles. The molecule has 2 unspecified atom stereocenters. The van der Waals surface area contributed by atoms with Crippen LogP contribution in [0.3, 0.4) is 0 Å². The third-order valence-electron chi connectivity index (χ3n) is 5.28. The highest BCUT2D eigenvalue weighted by Gasteiger charge is 2.48. The van der Waals surface area contributed by atoms with Crippen LogP contribution in [0.5, 0.6) is 0 Å². The number of hydrogen-bond acceptors (Lipinski definition) is 2. The van der Waals surface area contributed by atoms with Crippen molar-refractivity contribution in [2.75, 3.05) is 6.54 Å². The second-order valence-electron chi connectivity index (χ2n) is 6.90. The van der Waals surface area contributed by atoms with E-state index >= 15 is 0 Å². The molecule has 2 aromatic rings. The maximum Gasteiger partial charge on any atom is 0.416 e. The number of nitrogens with zero attached hydrogens (tertiary/aromatic N) is 1. The predicted octanol–water partition coefficient (Wildman–Crippen LogP) is 4.96. The lowest BCUT2D eigenvalue weighted by Crippen LogP contribution is -2.34. The van der Waals surface area contributed by atoms with E-state index in [0.717, 1.165) is 25.0 Å². The molecule has 0 aromatic heterocycles. The van der Waals surface area contributed by atoms with Crippen LogP contribution < -0.4 is 0 Å². The van der Waals surface area contributed by atoms with E-state index in [1.54, 1.807) is 11.0 Å². The average molecular weight is 379 g/mol. The van der Waals surface area contributed by atoms with Crippen molar-refractivity contribution in [1.82, 2.24) is 4.90 Å². The highest BCUT2D eigenvalue weighted by molar-refractivity contribution is 5.71. The van der Waals surface area contributed by atoms with Gasteiger partial charge in [0.2, 0.25) is 0 Å². The molecule has 7 heteroatoms. The third kappa shape index (κ3) is 3.26. The van der Waals surface area contributed by atoms with E-state index < -0.39 is 35.7 Å². The molecule has 3 nitrogen and oxygen atoms in total. The summed E-state index contributed by atoms with van der Waals surface area (Å²) in [4.78, 5) is 13.8. The number of carbonyl (C=O) groups is 1. The number of ether oxygens (including phenoxy) is 1. The summed E-state index contributed by atoms with van der Waals surface area (Å²) in [6.45, 7) is 0.582. The first-order valence-electron chi connectivity index (χ1n) is 8.74. The zero-order valence-electron chi connectivity index (χ0n) is 14.2. The molecule has 0 spiro atoms. The van der Waals surface area contributed by atoms with Crippen molar-refractivity contribution in [2.24, 2.45) is 0 Å². The summed E-state index contributed by atoms with van der Waals surface area (Å²) in [5.41, 5.74) is 0.241. The maximum atomic E-state index is 13.4. The molecular weight excluding hydrogens is 362 g/mol. The van der Waals surface area contributed by atoms with Crippen LogP contribution in [0.15, 0.2) is 48.5 Å². The standard InChI is InChI=1S/C20H17F4NO2/c21-15-8-6-12(7-9-15)17(13-3-1-4-14(11-13)20(22,23)24)18-16-5-2-10-25(16)19(26)27-18/h1,3-4,6-9,11,16-18H,2,5,10H2/t16?,17-,18?/m1/s1. The molecule has 2 aliphatic rings. The zero-order chi connectivity index (χ0) is 19.2. The fourth-order valence-electron chi connectivity index (χ4n) is 4.06. The summed E-state index contributed by atoms with van der Waals surface area (Å²) in [5, 5.41) is 0. The summed E-state index contributed by atoms with van der Waals surface area (Å²) in [7, 11) is 0. The quantitative estimate of drug-likeness (QED) is 0.706. The molecule has 3 atom stereocenters. The minimum Gasteiger partial charge on any atom is -0.443 e. The Labute approximate surface area is 153 Å². The van der Waals surface area contributed by atoms with Gasteiger partial charge in [-0.3, -0.25) is 0 Å². The van der Waals surface area contributed by atoms with Crippen molar-refractivity contribution >= 4 is 6.09 Å². The van der Waals surface area contributed by atoms with Gasteiger partial charge in [0.15, 0.2) is 0 Å². The van der Waals surface area contributed by atoms with Gasteiger partial charge >= 0.3 is 12.3 Å². The summed E-state index contributed by atoms with van der Waals surface area (Å²) in [6.07, 6.45) is -3.98. The predicted molar refractivity (Wildman–Crippen MR) is 89.7 cm³/mol. The highest BCUT2D eigenvalue weighted by Crippen LogP contribution is 2.41. The van der Waals surface area contributed by atoms with E-state index in [0.29, 0.717) is 17.7 Å². The van der Waals surface area contributed by atoms with Crippen LogP contribution in [0.4, 0.5) is 22.4 Å². The number of rotatable bonds is 3. The Kier molecular flexibility index (Phi) is 4.32. The fourth-order valence-corrected chi connectivity index (χ4v) is 4.06. The van der Waals surface area contributed by atoms with Crippen LogP contribution in [-0.4, -0.2) is 29.7 Å². The van der Waals surface area contributed by atoms with Gasteiger partial charge in [0.1, 0.15) is 11.9 Å². The molecule has 2 fully saturated rings. The van der Waals surface area contributed by atoms with Crippen molar-refractivity contribution in [2.45, 2.75) is 37.1 Å². The molecule has 0 N–H and O–H groups in total. The number of halogens is 4. The number of fused-ring (bicyclic) bond motifs is 1. The van der Waals surface area contributed by atoms with E-state index in [1.807, 2.05) is 0 Å². The summed E-state index contributed by atoms with van der Waals surface area (Å²) in [5.74, 6) is -1.04. The molecule has 1 amide bonds. The van der Waals surface area contributed by atoms with E-state index in [2.05, 4.69) is 0 Å². The van der Waals surface area contributed by atoms with E-state index in [4.69, 9.17) is 4.74 Å². The third-order valence-corrected chi connectivity index (χ3v) is 5.28. The van der Waals surface area contributed by atoms with E-state index in [1.165, 1.54) is 30.3 Å². The highest BCUT2D eigenvalue weighted by atomic mass is 19.4. The van der Waals surface area contributed by atoms with Gasteiger partial charge in [-0.15, -0.1) is 0 Å². The number of amides is 1. The summed E-state index contributed by atoms with van der Waals surface area (Å²) < 4.78 is 58.5. The largest absolute Gasteiger partial charge is 0.443 e. The molecule has 27 heavy (non-hydrogen) atoms. The second-order valence-corrected chi connectivity index (χ2v) is 6.90. The van der Waals surface area contributed by atoms with Crippen LogP contribution in [0.1, 0.15) is 35.4 Å². The smallest absolute Gasteiger partial charge is 0.416 e. The Balaban J connectivity index is 1.80. The van der Waals surface area contributed by atoms with Gasteiger partial charge in [-0.1, -0.05) is 30.3 Å². The molecule has 0 saturated carbocycles. The van der Waals surface area contributed by atoms with Crippen LogP contribution in [0, 0.1) is 5.82 Å². The van der Waals surface area contributed by atoms with Gasteiger partial charge in [0.25, 0.3) is 0 Å². The van der Waals surface area contributed by atoms with Crippen LogP contribution in [0.25, 0.3) is 0 Å². The Hall–Kier alpha value is -2.57. The molecule has 142 valence electrons. The summed E-state index contributed by atoms with van der Waals surface area (Å²) >= 11 is 0. The van der Waals surface area contributed by atoms with Crippen molar-refractivity contribution in [1.29, 1.82) is 0 Å². The fraction of sp³-hybridized carbons (Fsp3) is 0.350. The molecule has 0 aliphatic carbocycles. The van der Waals surface area contributed by atoms with E-state index in [9.17, 15) is 22.4 Å². The maximum absolute atomic E-state index is 13.4. The summed E-state index contributed by atoms with van der Waals surface area (Å²) in [6, 6.07) is 10.4. The number of cyclic esters (lactones) is 1. The lowest BCUT2D eigenvalue weighted by atomic mass is 9.82. The van der Waals surface area contributed by atoms with E-state index in [-0.39, 0.29) is 6.04 Å². The number of benzene rings is 2. The van der Waals surface area contributed by atoms with Gasteiger partial charge in [-0.05, 0) is 42.2 Å². The Bertz CT molecular complexity index is 850. The minimum absolute atomic E-state index is 0.193. The van der Waals surface area contributed by atoms with Gasteiger partial charge in [-0.25, -0.2) is 9.18 Å². The first kappa shape index (κ1) is 17.8. The van der Waals surface area contributed by atoms with Crippen LogP contribution >= 0.6 is 0 Å². The van der Waals surface area contributed by atoms with Crippen molar-refractivity contribution in [3.63, 3.8) is 0 Å². The lowest BCUT2D eigenvalue weighted by Gasteiger charge is -2.27. The molecule has 0 bridgehead atoms. The normalized spacial score (nSPS) is 23.3. The molecule has 2 aliphatic heterocycles. The van der Waals surface area contributed by atoms with Crippen molar-refractivity contribution in [3.05, 3.63) is 71.0 Å². The number of hydrogen-bond donors (Lipinski definition) is 0. The number of carbonyl (C=O) groups excluding carboxylic acids is 1. The van der Waals surface area contributed by atoms with Crippen molar-refractivity contribution in [3.8, 4) is 0 Å². The SMILES string of the molecule is O=C1OC([C@H](c2ccc(F)cc2)c2cccc(C(F)(F)F)c2)C2CCCN12. The van der Waals surface area contributed by atoms with Crippen molar-refractivity contribution < 1.29 is 27.1 Å². The minimum atomic E-state index is -4.48. The average Bonchev–Trinajstić information content (AvgIpc) is 3.22. The van der Waals surface area contributed by atoms with Crippen LogP contribution in [-0.2, 0) is 10.9 Å². The Morgan fingerprint density at radius 3 is 2.52 bits per heavy atom. The monoisotopic (exact) mass is 379 g/mol. The zero-order valence-corrected chi connectivity index (χ0v) is 14.2. The lowest BCUT2D eigenvalue weighted by molar-refractivity contribution is -0.137. The Morgan fingerprint density at radius 1 is 1.07 bits per heavy atom. The van der Waals surface area contributed by atoms with Crippen LogP contribution in [0.2, 0.25) is 0 Å². The Morgan fingerprint density at radius 2 is 1.81 bits per heavy atom. The molecule has 2 aromatic carbocycles. The second kappa shape index (κ2) is 6.55. The first-order chi connectivity index (χ1) is 12.8. The first-order valence-corrected chi connectivity index (χ1v) is 8.74. The van der Waals surface area contributed by atoms with Gasteiger partial charge < -0.3 is 9.64 Å². The van der Waals surface area contributed by atoms with Gasteiger partial charge in [0.05, 0.1) is 11.6 Å². The molecule has 2 saturated heterocycles.